The van der Waals surface area contributed by atoms with E-state index in [0.29, 0.717) is 13.0 Å². The molecule has 1 amide bonds. The molecule has 4 heteroatoms. The fourth-order valence-electron chi connectivity index (χ4n) is 2.71. The van der Waals surface area contributed by atoms with Gasteiger partial charge in [-0.25, -0.2) is 0 Å². The molecule has 0 saturated carbocycles. The first-order valence-electron chi connectivity index (χ1n) is 7.69. The van der Waals surface area contributed by atoms with E-state index in [1.807, 2.05) is 35.2 Å². The van der Waals surface area contributed by atoms with Crippen molar-refractivity contribution in [3.8, 4) is 5.75 Å². The Labute approximate surface area is 130 Å². The lowest BCUT2D eigenvalue weighted by Gasteiger charge is -2.17. The average Bonchev–Trinajstić information content (AvgIpc) is 3.03. The maximum Gasteiger partial charge on any atom is 0.223 e. The van der Waals surface area contributed by atoms with Crippen molar-refractivity contribution in [3.05, 3.63) is 60.4 Å². The van der Waals surface area contributed by atoms with Crippen molar-refractivity contribution < 1.29 is 9.53 Å². The lowest BCUT2D eigenvalue weighted by Crippen LogP contribution is -2.31. The number of hydrogen-bond donors (Lipinski definition) is 0. The largest absolute Gasteiger partial charge is 0.488 e. The molecule has 22 heavy (non-hydrogen) atoms. The Morgan fingerprint density at radius 3 is 2.73 bits per heavy atom. The molecule has 0 aliphatic carbocycles. The summed E-state index contributed by atoms with van der Waals surface area (Å²) in [6, 6.07) is 13.8. The highest BCUT2D eigenvalue weighted by Crippen LogP contribution is 2.18. The molecule has 3 rings (SSSR count). The molecule has 2 heterocycles. The van der Waals surface area contributed by atoms with Crippen LogP contribution in [0.5, 0.6) is 5.75 Å². The fraction of sp³-hybridized carbons (Fsp3) is 0.333. The van der Waals surface area contributed by atoms with Crippen LogP contribution >= 0.6 is 0 Å². The summed E-state index contributed by atoms with van der Waals surface area (Å²) in [5.41, 5.74) is 1.21. The highest BCUT2D eigenvalue weighted by atomic mass is 16.5. The number of carbonyl (C=O) groups is 1. The molecular formula is C18H20N2O2. The third-order valence-electron chi connectivity index (χ3n) is 3.92. The molecule has 0 bridgehead atoms. The lowest BCUT2D eigenvalue weighted by atomic mass is 10.1. The maximum absolute atomic E-state index is 12.3. The van der Waals surface area contributed by atoms with Crippen LogP contribution in [-0.4, -0.2) is 35.0 Å². The van der Waals surface area contributed by atoms with E-state index in [4.69, 9.17) is 4.74 Å². The second-order valence-corrected chi connectivity index (χ2v) is 5.54. The quantitative estimate of drug-likeness (QED) is 0.852. The van der Waals surface area contributed by atoms with Gasteiger partial charge >= 0.3 is 0 Å². The minimum Gasteiger partial charge on any atom is -0.488 e. The Hall–Kier alpha value is -2.36. The first-order valence-corrected chi connectivity index (χ1v) is 7.69. The number of carbonyl (C=O) groups excluding carboxylic acids is 1. The van der Waals surface area contributed by atoms with Gasteiger partial charge in [0.15, 0.2) is 0 Å². The summed E-state index contributed by atoms with van der Waals surface area (Å²) in [5.74, 6) is 1.03. The Morgan fingerprint density at radius 1 is 1.18 bits per heavy atom. The Bertz CT molecular complexity index is 601. The summed E-state index contributed by atoms with van der Waals surface area (Å²) < 4.78 is 5.88. The summed E-state index contributed by atoms with van der Waals surface area (Å²) in [7, 11) is 0. The summed E-state index contributed by atoms with van der Waals surface area (Å²) in [4.78, 5) is 18.2. The number of hydrogen-bond acceptors (Lipinski definition) is 3. The van der Waals surface area contributed by atoms with E-state index in [2.05, 4.69) is 17.1 Å². The zero-order chi connectivity index (χ0) is 15.2. The van der Waals surface area contributed by atoms with Crippen molar-refractivity contribution >= 4 is 5.91 Å². The summed E-state index contributed by atoms with van der Waals surface area (Å²) in [5, 5.41) is 0. The molecule has 1 aliphatic heterocycles. The summed E-state index contributed by atoms with van der Waals surface area (Å²) in [6.07, 6.45) is 5.76. The van der Waals surface area contributed by atoms with Crippen LogP contribution in [0.4, 0.5) is 0 Å². The van der Waals surface area contributed by atoms with Gasteiger partial charge in [-0.2, -0.15) is 0 Å². The highest BCUT2D eigenvalue weighted by molar-refractivity contribution is 5.76. The standard InChI is InChI=1S/C18H20N2O2/c21-18(7-6-15-4-2-1-3-5-15)20-13-10-17(14-20)22-16-8-11-19-12-9-16/h1-5,8-9,11-12,17H,6-7,10,13-14H2. The molecule has 4 nitrogen and oxygen atoms in total. The van der Waals surface area contributed by atoms with Gasteiger partial charge in [0.05, 0.1) is 6.54 Å². The molecule has 0 N–H and O–H groups in total. The van der Waals surface area contributed by atoms with E-state index in [0.717, 1.165) is 25.1 Å². The summed E-state index contributed by atoms with van der Waals surface area (Å²) >= 11 is 0. The van der Waals surface area contributed by atoms with E-state index in [1.165, 1.54) is 5.56 Å². The van der Waals surface area contributed by atoms with Gasteiger partial charge in [-0.15, -0.1) is 0 Å². The van der Waals surface area contributed by atoms with Crippen molar-refractivity contribution in [3.63, 3.8) is 0 Å². The van der Waals surface area contributed by atoms with Crippen LogP contribution in [0.3, 0.4) is 0 Å². The maximum atomic E-state index is 12.3. The molecule has 114 valence electrons. The van der Waals surface area contributed by atoms with Crippen molar-refractivity contribution in [1.82, 2.24) is 9.88 Å². The molecule has 1 aromatic carbocycles. The predicted molar refractivity (Wildman–Crippen MR) is 84.6 cm³/mol. The number of nitrogens with zero attached hydrogens (tertiary/aromatic N) is 2. The number of aromatic nitrogens is 1. The van der Waals surface area contributed by atoms with Gasteiger partial charge in [0, 0.05) is 31.8 Å². The third kappa shape index (κ3) is 3.85. The normalized spacial score (nSPS) is 17.5. The van der Waals surface area contributed by atoms with Crippen molar-refractivity contribution in [1.29, 1.82) is 0 Å². The first-order chi connectivity index (χ1) is 10.8. The van der Waals surface area contributed by atoms with Crippen LogP contribution in [0.15, 0.2) is 54.9 Å². The number of rotatable bonds is 5. The molecule has 1 unspecified atom stereocenters. The van der Waals surface area contributed by atoms with Crippen LogP contribution in [0.1, 0.15) is 18.4 Å². The van der Waals surface area contributed by atoms with E-state index < -0.39 is 0 Å². The second-order valence-electron chi connectivity index (χ2n) is 5.54. The second kappa shape index (κ2) is 7.07. The smallest absolute Gasteiger partial charge is 0.223 e. The first kappa shape index (κ1) is 14.6. The molecule has 1 atom stereocenters. The SMILES string of the molecule is O=C(CCc1ccccc1)N1CCC(Oc2ccncc2)C1. The van der Waals surface area contributed by atoms with Crippen LogP contribution < -0.4 is 4.74 Å². The van der Waals surface area contributed by atoms with E-state index in [1.54, 1.807) is 12.4 Å². The molecule has 0 spiro atoms. The molecule has 1 aromatic heterocycles. The molecule has 2 aromatic rings. The Kier molecular flexibility index (Phi) is 4.68. The zero-order valence-corrected chi connectivity index (χ0v) is 12.5. The Balaban J connectivity index is 1.46. The molecule has 0 radical (unpaired) electrons. The van der Waals surface area contributed by atoms with Gasteiger partial charge in [0.1, 0.15) is 11.9 Å². The van der Waals surface area contributed by atoms with Crippen molar-refractivity contribution in [2.45, 2.75) is 25.4 Å². The molecular weight excluding hydrogens is 276 g/mol. The Morgan fingerprint density at radius 2 is 1.95 bits per heavy atom. The predicted octanol–water partition coefficient (Wildman–Crippen LogP) is 2.69. The van der Waals surface area contributed by atoms with Gasteiger partial charge in [-0.05, 0) is 24.1 Å². The molecule has 1 fully saturated rings. The number of benzene rings is 1. The number of aryl methyl sites for hydroxylation is 1. The van der Waals surface area contributed by atoms with Gasteiger partial charge in [0.25, 0.3) is 0 Å². The van der Waals surface area contributed by atoms with Crippen molar-refractivity contribution in [2.75, 3.05) is 13.1 Å². The van der Waals surface area contributed by atoms with Gasteiger partial charge < -0.3 is 9.64 Å². The van der Waals surface area contributed by atoms with Crippen LogP contribution in [0, 0.1) is 0 Å². The number of likely N-dealkylation sites (tertiary alicyclic amines) is 1. The topological polar surface area (TPSA) is 42.4 Å². The van der Waals surface area contributed by atoms with E-state index in [-0.39, 0.29) is 12.0 Å². The van der Waals surface area contributed by atoms with E-state index in [9.17, 15) is 4.79 Å². The zero-order valence-electron chi connectivity index (χ0n) is 12.5. The number of ether oxygens (including phenoxy) is 1. The number of amides is 1. The molecule has 1 aliphatic rings. The lowest BCUT2D eigenvalue weighted by molar-refractivity contribution is -0.130. The number of pyridine rings is 1. The minimum atomic E-state index is 0.0862. The van der Waals surface area contributed by atoms with Crippen LogP contribution in [-0.2, 0) is 11.2 Å². The van der Waals surface area contributed by atoms with Crippen LogP contribution in [0.2, 0.25) is 0 Å². The van der Waals surface area contributed by atoms with Crippen LogP contribution in [0.25, 0.3) is 0 Å². The fourth-order valence-corrected chi connectivity index (χ4v) is 2.71. The summed E-state index contributed by atoms with van der Waals surface area (Å²) in [6.45, 7) is 1.46. The van der Waals surface area contributed by atoms with Gasteiger partial charge in [0.2, 0.25) is 5.91 Å². The highest BCUT2D eigenvalue weighted by Gasteiger charge is 2.27. The average molecular weight is 296 g/mol. The van der Waals surface area contributed by atoms with E-state index >= 15 is 0 Å². The monoisotopic (exact) mass is 296 g/mol. The van der Waals surface area contributed by atoms with Gasteiger partial charge in [-0.1, -0.05) is 30.3 Å². The molecule has 1 saturated heterocycles. The minimum absolute atomic E-state index is 0.0862. The van der Waals surface area contributed by atoms with Gasteiger partial charge in [-0.3, -0.25) is 9.78 Å². The third-order valence-corrected chi connectivity index (χ3v) is 3.92. The van der Waals surface area contributed by atoms with Crippen molar-refractivity contribution in [2.24, 2.45) is 0 Å².